The van der Waals surface area contributed by atoms with Gasteiger partial charge in [-0.05, 0) is 6.08 Å². The molecule has 1 aliphatic rings. The first-order valence-corrected chi connectivity index (χ1v) is 4.06. The molecule has 74 valence electrons. The maximum Gasteiger partial charge on any atom is 0.261 e. The van der Waals surface area contributed by atoms with Gasteiger partial charge in [-0.25, -0.2) is 8.78 Å². The molecule has 0 unspecified atom stereocenters. The lowest BCUT2D eigenvalue weighted by atomic mass is 10.3. The van der Waals surface area contributed by atoms with E-state index >= 15 is 0 Å². The van der Waals surface area contributed by atoms with Gasteiger partial charge in [-0.3, -0.25) is 9.69 Å². The molecule has 1 aliphatic heterocycles. The fraction of sp³-hybridized carbons (Fsp3) is 0.625. The number of hydrogen-bond donors (Lipinski definition) is 1. The Morgan fingerprint density at radius 2 is 2.31 bits per heavy atom. The Morgan fingerprint density at radius 3 is 2.77 bits per heavy atom. The quantitative estimate of drug-likeness (QED) is 0.653. The van der Waals surface area contributed by atoms with Crippen molar-refractivity contribution in [1.29, 1.82) is 0 Å². The summed E-state index contributed by atoms with van der Waals surface area (Å²) in [6, 6.07) is 0. The van der Waals surface area contributed by atoms with Crippen molar-refractivity contribution in [3.8, 4) is 0 Å². The minimum Gasteiger partial charge on any atom is -0.366 e. The monoisotopic (exact) mass is 190 g/mol. The van der Waals surface area contributed by atoms with Crippen molar-refractivity contribution in [3.63, 3.8) is 0 Å². The third-order valence-corrected chi connectivity index (χ3v) is 1.89. The third kappa shape index (κ3) is 3.50. The van der Waals surface area contributed by atoms with E-state index in [2.05, 4.69) is 0 Å². The van der Waals surface area contributed by atoms with Crippen molar-refractivity contribution >= 4 is 5.91 Å². The zero-order valence-corrected chi connectivity index (χ0v) is 7.17. The van der Waals surface area contributed by atoms with Crippen LogP contribution in [0.25, 0.3) is 0 Å². The molecule has 0 spiro atoms. The summed E-state index contributed by atoms with van der Waals surface area (Å²) in [5.41, 5.74) is 4.84. The number of carbonyl (C=O) groups excluding carboxylic acids is 1. The molecule has 0 aromatic carbocycles. The first-order valence-electron chi connectivity index (χ1n) is 4.06. The predicted octanol–water partition coefficient (Wildman–Crippen LogP) is 0.369. The van der Waals surface area contributed by atoms with E-state index in [1.807, 2.05) is 0 Å². The normalized spacial score (nSPS) is 22.6. The molecule has 0 radical (unpaired) electrons. The molecule has 1 saturated heterocycles. The zero-order valence-electron chi connectivity index (χ0n) is 7.17. The van der Waals surface area contributed by atoms with Crippen LogP contribution in [0.5, 0.6) is 0 Å². The fourth-order valence-corrected chi connectivity index (χ4v) is 1.28. The van der Waals surface area contributed by atoms with Crippen LogP contribution in [0, 0.1) is 0 Å². The second kappa shape index (κ2) is 3.83. The number of hydrogen-bond acceptors (Lipinski definition) is 2. The molecule has 1 amide bonds. The van der Waals surface area contributed by atoms with Crippen molar-refractivity contribution in [2.45, 2.75) is 12.3 Å². The summed E-state index contributed by atoms with van der Waals surface area (Å²) in [7, 11) is 0. The van der Waals surface area contributed by atoms with Gasteiger partial charge in [0, 0.05) is 19.5 Å². The van der Waals surface area contributed by atoms with E-state index < -0.39 is 11.8 Å². The summed E-state index contributed by atoms with van der Waals surface area (Å²) < 4.78 is 25.2. The van der Waals surface area contributed by atoms with E-state index in [-0.39, 0.29) is 13.0 Å². The maximum atomic E-state index is 12.6. The Kier molecular flexibility index (Phi) is 2.98. The molecule has 1 heterocycles. The highest BCUT2D eigenvalue weighted by molar-refractivity contribution is 5.85. The average Bonchev–Trinajstić information content (AvgIpc) is 2.29. The highest BCUT2D eigenvalue weighted by Crippen LogP contribution is 2.26. The van der Waals surface area contributed by atoms with Crippen molar-refractivity contribution < 1.29 is 13.6 Å². The number of likely N-dealkylation sites (tertiary alicyclic amines) is 1. The van der Waals surface area contributed by atoms with Gasteiger partial charge < -0.3 is 5.73 Å². The molecule has 0 saturated carbocycles. The van der Waals surface area contributed by atoms with Gasteiger partial charge in [0.2, 0.25) is 5.91 Å². The minimum atomic E-state index is -2.57. The molecule has 0 aromatic rings. The van der Waals surface area contributed by atoms with Gasteiger partial charge in [-0.2, -0.15) is 0 Å². The van der Waals surface area contributed by atoms with Gasteiger partial charge in [-0.1, -0.05) is 6.08 Å². The largest absolute Gasteiger partial charge is 0.366 e. The van der Waals surface area contributed by atoms with Crippen molar-refractivity contribution in [2.24, 2.45) is 5.73 Å². The number of carbonyl (C=O) groups is 1. The first-order chi connectivity index (χ1) is 5.99. The van der Waals surface area contributed by atoms with Crippen LogP contribution in [-0.2, 0) is 4.79 Å². The highest BCUT2D eigenvalue weighted by atomic mass is 19.3. The number of nitrogens with zero attached hydrogens (tertiary/aromatic N) is 1. The Labute approximate surface area is 75.2 Å². The van der Waals surface area contributed by atoms with Crippen LogP contribution < -0.4 is 5.73 Å². The van der Waals surface area contributed by atoms with E-state index in [0.717, 1.165) is 0 Å². The second-order valence-electron chi connectivity index (χ2n) is 3.15. The molecule has 1 fully saturated rings. The number of amides is 1. The van der Waals surface area contributed by atoms with E-state index in [0.29, 0.717) is 13.1 Å². The number of halogens is 2. The van der Waals surface area contributed by atoms with Gasteiger partial charge >= 0.3 is 0 Å². The standard InChI is InChI=1S/C8H12F2N2O/c9-8(10)3-5-12(6-8)4-1-2-7(11)13/h1-2H,3-6H2,(H2,11,13)/b2-1+. The van der Waals surface area contributed by atoms with Gasteiger partial charge in [-0.15, -0.1) is 0 Å². The molecule has 0 bridgehead atoms. The summed E-state index contributed by atoms with van der Waals surface area (Å²) in [6.45, 7) is 0.505. The first kappa shape index (κ1) is 10.1. The van der Waals surface area contributed by atoms with Crippen LogP contribution in [0.2, 0.25) is 0 Å². The lowest BCUT2D eigenvalue weighted by molar-refractivity contribution is -0.113. The summed E-state index contributed by atoms with van der Waals surface area (Å²) in [4.78, 5) is 11.9. The van der Waals surface area contributed by atoms with Crippen molar-refractivity contribution in [3.05, 3.63) is 12.2 Å². The lowest BCUT2D eigenvalue weighted by Gasteiger charge is -2.12. The molecule has 2 N–H and O–H groups in total. The number of alkyl halides is 2. The number of nitrogens with two attached hydrogens (primary N) is 1. The second-order valence-corrected chi connectivity index (χ2v) is 3.15. The molecule has 0 aliphatic carbocycles. The molecular formula is C8H12F2N2O. The van der Waals surface area contributed by atoms with Crippen LogP contribution in [0.4, 0.5) is 8.78 Å². The van der Waals surface area contributed by atoms with Gasteiger partial charge in [0.15, 0.2) is 0 Å². The van der Waals surface area contributed by atoms with E-state index in [9.17, 15) is 13.6 Å². The SMILES string of the molecule is NC(=O)/C=C/CN1CCC(F)(F)C1. The predicted molar refractivity (Wildman–Crippen MR) is 44.3 cm³/mol. The van der Waals surface area contributed by atoms with Gasteiger partial charge in [0.1, 0.15) is 0 Å². The maximum absolute atomic E-state index is 12.6. The van der Waals surface area contributed by atoms with Crippen LogP contribution in [-0.4, -0.2) is 36.4 Å². The Morgan fingerprint density at radius 1 is 1.62 bits per heavy atom. The molecule has 13 heavy (non-hydrogen) atoms. The molecule has 5 heteroatoms. The van der Waals surface area contributed by atoms with Crippen LogP contribution >= 0.6 is 0 Å². The summed E-state index contributed by atoms with van der Waals surface area (Å²) in [5.74, 6) is -3.12. The van der Waals surface area contributed by atoms with Gasteiger partial charge in [0.25, 0.3) is 5.92 Å². The smallest absolute Gasteiger partial charge is 0.261 e. The van der Waals surface area contributed by atoms with Crippen LogP contribution in [0.15, 0.2) is 12.2 Å². The zero-order chi connectivity index (χ0) is 9.90. The third-order valence-electron chi connectivity index (χ3n) is 1.89. The Hall–Kier alpha value is -0.970. The molecule has 3 nitrogen and oxygen atoms in total. The van der Waals surface area contributed by atoms with E-state index in [1.54, 1.807) is 4.90 Å². The highest BCUT2D eigenvalue weighted by Gasteiger charge is 2.37. The fourth-order valence-electron chi connectivity index (χ4n) is 1.28. The molecule has 1 rings (SSSR count). The van der Waals surface area contributed by atoms with Crippen LogP contribution in [0.3, 0.4) is 0 Å². The molecule has 0 atom stereocenters. The van der Waals surface area contributed by atoms with Crippen LogP contribution in [0.1, 0.15) is 6.42 Å². The van der Waals surface area contributed by atoms with E-state index in [4.69, 9.17) is 5.73 Å². The van der Waals surface area contributed by atoms with Gasteiger partial charge in [0.05, 0.1) is 6.54 Å². The Bertz CT molecular complexity index is 228. The summed E-state index contributed by atoms with van der Waals surface area (Å²) >= 11 is 0. The topological polar surface area (TPSA) is 46.3 Å². The van der Waals surface area contributed by atoms with Crippen molar-refractivity contribution in [2.75, 3.05) is 19.6 Å². The minimum absolute atomic E-state index is 0.0998. The molecular weight excluding hydrogens is 178 g/mol. The van der Waals surface area contributed by atoms with E-state index in [1.165, 1.54) is 12.2 Å². The summed E-state index contributed by atoms with van der Waals surface area (Å²) in [5, 5.41) is 0. The Balaban J connectivity index is 2.29. The summed E-state index contributed by atoms with van der Waals surface area (Å²) in [6.07, 6.45) is 2.59. The average molecular weight is 190 g/mol. The number of rotatable bonds is 3. The van der Waals surface area contributed by atoms with Crippen molar-refractivity contribution in [1.82, 2.24) is 4.90 Å². The lowest BCUT2D eigenvalue weighted by Crippen LogP contribution is -2.25. The molecule has 0 aromatic heterocycles. The number of primary amides is 1.